The number of benzene rings is 2. The quantitative estimate of drug-likeness (QED) is 0.325. The fourth-order valence-corrected chi connectivity index (χ4v) is 5.52. The van der Waals surface area contributed by atoms with Crippen molar-refractivity contribution in [3.63, 3.8) is 0 Å². The molecule has 2 fully saturated rings. The minimum Gasteiger partial charge on any atom is -0.485 e. The first-order valence-electron chi connectivity index (χ1n) is 13.7. The first kappa shape index (κ1) is 29.7. The highest BCUT2D eigenvalue weighted by molar-refractivity contribution is 5.94. The van der Waals surface area contributed by atoms with Crippen LogP contribution in [0.2, 0.25) is 0 Å². The Balaban J connectivity index is 1.26. The number of hydrogen-bond donors (Lipinski definition) is 1. The van der Waals surface area contributed by atoms with Crippen molar-refractivity contribution >= 4 is 11.7 Å². The van der Waals surface area contributed by atoms with E-state index in [1.165, 1.54) is 25.1 Å². The summed E-state index contributed by atoms with van der Waals surface area (Å²) in [6.07, 6.45) is -4.07. The summed E-state index contributed by atoms with van der Waals surface area (Å²) in [5.74, 6) is -0.120. The van der Waals surface area contributed by atoms with Crippen LogP contribution in [0.5, 0.6) is 5.75 Å². The Bertz CT molecular complexity index is 1380. The standard InChI is InChI=1S/C30H30F6N4O2/c31-29(32,33)23-13-19(14-24(16-23)30(34,35)36)18-42-26-15-22(17-38-27(26)37)20-3-5-21(6-4-20)28(41)40-11-7-25(8-12-40)39-9-1-2-10-39/h3-6,13-17,25H,1-2,7-12,18H2,(H2,37,38). The minimum absolute atomic E-state index is 0.000466. The molecule has 0 aliphatic carbocycles. The van der Waals surface area contributed by atoms with E-state index in [-0.39, 0.29) is 29.1 Å². The van der Waals surface area contributed by atoms with Gasteiger partial charge in [0, 0.05) is 36.5 Å². The third-order valence-electron chi connectivity index (χ3n) is 7.80. The van der Waals surface area contributed by atoms with Crippen LogP contribution in [0.25, 0.3) is 11.1 Å². The van der Waals surface area contributed by atoms with Crippen molar-refractivity contribution in [1.29, 1.82) is 0 Å². The zero-order valence-electron chi connectivity index (χ0n) is 22.6. The zero-order chi connectivity index (χ0) is 30.1. The second-order valence-corrected chi connectivity index (χ2v) is 10.7. The Kier molecular flexibility index (Phi) is 8.36. The summed E-state index contributed by atoms with van der Waals surface area (Å²) >= 11 is 0. The van der Waals surface area contributed by atoms with Gasteiger partial charge in [-0.15, -0.1) is 0 Å². The van der Waals surface area contributed by atoms with Gasteiger partial charge in [-0.2, -0.15) is 26.3 Å². The number of halogens is 6. The number of piperidine rings is 1. The third-order valence-corrected chi connectivity index (χ3v) is 7.80. The van der Waals surface area contributed by atoms with Crippen LogP contribution in [-0.2, 0) is 19.0 Å². The molecule has 3 aromatic rings. The Morgan fingerprint density at radius 1 is 0.857 bits per heavy atom. The number of anilines is 1. The molecule has 224 valence electrons. The maximum Gasteiger partial charge on any atom is 0.416 e. The molecule has 6 nitrogen and oxygen atoms in total. The smallest absolute Gasteiger partial charge is 0.416 e. The number of nitrogens with zero attached hydrogens (tertiary/aromatic N) is 3. The summed E-state index contributed by atoms with van der Waals surface area (Å²) in [6, 6.07) is 10.2. The number of amides is 1. The highest BCUT2D eigenvalue weighted by Gasteiger charge is 2.37. The fourth-order valence-electron chi connectivity index (χ4n) is 5.52. The topological polar surface area (TPSA) is 71.7 Å². The zero-order valence-corrected chi connectivity index (χ0v) is 22.6. The molecule has 2 aliphatic rings. The van der Waals surface area contributed by atoms with Crippen LogP contribution in [-0.4, -0.2) is 52.9 Å². The van der Waals surface area contributed by atoms with Crippen molar-refractivity contribution in [1.82, 2.24) is 14.8 Å². The van der Waals surface area contributed by atoms with Gasteiger partial charge in [-0.1, -0.05) is 12.1 Å². The highest BCUT2D eigenvalue weighted by atomic mass is 19.4. The number of ether oxygens (including phenoxy) is 1. The van der Waals surface area contributed by atoms with Gasteiger partial charge in [-0.05, 0) is 86.3 Å². The third kappa shape index (κ3) is 6.80. The molecule has 2 saturated heterocycles. The van der Waals surface area contributed by atoms with Crippen molar-refractivity contribution in [3.8, 4) is 16.9 Å². The van der Waals surface area contributed by atoms with E-state index in [0.29, 0.717) is 48.0 Å². The average Bonchev–Trinajstić information content (AvgIpc) is 3.51. The van der Waals surface area contributed by atoms with E-state index < -0.39 is 30.1 Å². The lowest BCUT2D eigenvalue weighted by molar-refractivity contribution is -0.143. The highest BCUT2D eigenvalue weighted by Crippen LogP contribution is 2.37. The van der Waals surface area contributed by atoms with Crippen LogP contribution in [0.15, 0.2) is 54.7 Å². The summed E-state index contributed by atoms with van der Waals surface area (Å²) in [6.45, 7) is 3.10. The van der Waals surface area contributed by atoms with Crippen LogP contribution < -0.4 is 10.5 Å². The monoisotopic (exact) mass is 592 g/mol. The number of likely N-dealkylation sites (tertiary alicyclic amines) is 2. The van der Waals surface area contributed by atoms with Crippen molar-refractivity contribution in [2.24, 2.45) is 0 Å². The number of alkyl halides is 6. The molecular weight excluding hydrogens is 562 g/mol. The molecule has 5 rings (SSSR count). The Morgan fingerprint density at radius 3 is 2.02 bits per heavy atom. The lowest BCUT2D eigenvalue weighted by Gasteiger charge is -2.36. The number of carbonyl (C=O) groups is 1. The molecule has 3 heterocycles. The first-order valence-corrected chi connectivity index (χ1v) is 13.7. The van der Waals surface area contributed by atoms with Crippen molar-refractivity contribution in [3.05, 3.63) is 77.0 Å². The number of hydrogen-bond acceptors (Lipinski definition) is 5. The Morgan fingerprint density at radius 2 is 1.45 bits per heavy atom. The van der Waals surface area contributed by atoms with E-state index in [0.717, 1.165) is 25.9 Å². The van der Waals surface area contributed by atoms with Crippen LogP contribution in [0, 0.1) is 0 Å². The molecule has 0 saturated carbocycles. The Labute approximate surface area is 239 Å². The molecular formula is C30H30F6N4O2. The minimum atomic E-state index is -4.96. The first-order chi connectivity index (χ1) is 19.9. The number of aromatic nitrogens is 1. The van der Waals surface area contributed by atoms with E-state index in [1.807, 2.05) is 4.90 Å². The summed E-state index contributed by atoms with van der Waals surface area (Å²) in [7, 11) is 0. The van der Waals surface area contributed by atoms with E-state index in [2.05, 4.69) is 9.88 Å². The lowest BCUT2D eigenvalue weighted by Crippen LogP contribution is -2.45. The molecule has 2 aromatic carbocycles. The van der Waals surface area contributed by atoms with Gasteiger partial charge in [-0.3, -0.25) is 4.79 Å². The van der Waals surface area contributed by atoms with Gasteiger partial charge in [-0.25, -0.2) is 4.98 Å². The van der Waals surface area contributed by atoms with E-state index in [9.17, 15) is 31.1 Å². The van der Waals surface area contributed by atoms with Crippen LogP contribution in [0.1, 0.15) is 52.7 Å². The van der Waals surface area contributed by atoms with E-state index >= 15 is 0 Å². The van der Waals surface area contributed by atoms with Gasteiger partial charge in [0.1, 0.15) is 6.61 Å². The summed E-state index contributed by atoms with van der Waals surface area (Å²) in [4.78, 5) is 21.5. The molecule has 0 spiro atoms. The van der Waals surface area contributed by atoms with Crippen molar-refractivity contribution in [2.75, 3.05) is 31.9 Å². The number of pyridine rings is 1. The second-order valence-electron chi connectivity index (χ2n) is 10.7. The summed E-state index contributed by atoms with van der Waals surface area (Å²) in [5, 5.41) is 0. The molecule has 1 amide bonds. The predicted octanol–water partition coefficient (Wildman–Crippen LogP) is 6.65. The molecule has 0 radical (unpaired) electrons. The Hall–Kier alpha value is -3.80. The second kappa shape index (κ2) is 11.8. The van der Waals surface area contributed by atoms with E-state index in [1.54, 1.807) is 24.3 Å². The molecule has 12 heteroatoms. The van der Waals surface area contributed by atoms with Gasteiger partial charge in [0.2, 0.25) is 0 Å². The number of nitrogens with two attached hydrogens (primary N) is 1. The molecule has 42 heavy (non-hydrogen) atoms. The van der Waals surface area contributed by atoms with Crippen LogP contribution in [0.4, 0.5) is 32.2 Å². The molecule has 0 bridgehead atoms. The molecule has 2 N–H and O–H groups in total. The molecule has 2 aliphatic heterocycles. The molecule has 1 aromatic heterocycles. The van der Waals surface area contributed by atoms with Crippen LogP contribution in [0.3, 0.4) is 0 Å². The lowest BCUT2D eigenvalue weighted by atomic mass is 10.0. The summed E-state index contributed by atoms with van der Waals surface area (Å²) < 4.78 is 84.7. The SMILES string of the molecule is Nc1ncc(-c2ccc(C(=O)N3CCC(N4CCCC4)CC3)cc2)cc1OCc1cc(C(F)(F)F)cc(C(F)(F)F)c1. The maximum atomic E-state index is 13.2. The van der Waals surface area contributed by atoms with Gasteiger partial charge < -0.3 is 20.3 Å². The maximum absolute atomic E-state index is 13.2. The average molecular weight is 593 g/mol. The van der Waals surface area contributed by atoms with Gasteiger partial charge >= 0.3 is 12.4 Å². The predicted molar refractivity (Wildman–Crippen MR) is 145 cm³/mol. The number of nitrogen functional groups attached to an aromatic ring is 1. The van der Waals surface area contributed by atoms with Gasteiger partial charge in [0.15, 0.2) is 11.6 Å². The van der Waals surface area contributed by atoms with E-state index in [4.69, 9.17) is 10.5 Å². The number of rotatable bonds is 6. The number of carbonyl (C=O) groups excluding carboxylic acids is 1. The summed E-state index contributed by atoms with van der Waals surface area (Å²) in [5.41, 5.74) is 4.46. The van der Waals surface area contributed by atoms with Gasteiger partial charge in [0.05, 0.1) is 11.1 Å². The normalized spacial score (nSPS) is 17.0. The largest absolute Gasteiger partial charge is 0.485 e. The van der Waals surface area contributed by atoms with Crippen molar-refractivity contribution in [2.45, 2.75) is 50.7 Å². The van der Waals surface area contributed by atoms with Crippen LogP contribution >= 0.6 is 0 Å². The van der Waals surface area contributed by atoms with Gasteiger partial charge in [0.25, 0.3) is 5.91 Å². The van der Waals surface area contributed by atoms with Crippen molar-refractivity contribution < 1.29 is 35.9 Å². The fraction of sp³-hybridized carbons (Fsp3) is 0.400. The molecule has 0 unspecified atom stereocenters. The molecule has 0 atom stereocenters.